The predicted molar refractivity (Wildman–Crippen MR) is 107 cm³/mol. The Hall–Kier alpha value is -0.460. The van der Waals surface area contributed by atoms with Crippen molar-refractivity contribution in [2.24, 2.45) is 4.99 Å². The lowest BCUT2D eigenvalue weighted by Gasteiger charge is -2.40. The monoisotopic (exact) mass is 368 g/mol. The summed E-state index contributed by atoms with van der Waals surface area (Å²) >= 11 is 1.83. The molecular formula is C19H36N4OS. The van der Waals surface area contributed by atoms with Crippen LogP contribution in [0.25, 0.3) is 0 Å². The molecule has 3 rings (SSSR count). The Morgan fingerprint density at radius 3 is 2.80 bits per heavy atom. The van der Waals surface area contributed by atoms with Gasteiger partial charge in [0.15, 0.2) is 5.96 Å². The number of guanidine groups is 1. The number of nitrogens with one attached hydrogen (secondary N) is 2. The zero-order chi connectivity index (χ0) is 17.5. The molecule has 2 unspecified atom stereocenters. The van der Waals surface area contributed by atoms with Crippen molar-refractivity contribution in [1.82, 2.24) is 15.5 Å². The van der Waals surface area contributed by atoms with E-state index in [9.17, 15) is 5.11 Å². The quantitative estimate of drug-likeness (QED) is 0.513. The smallest absolute Gasteiger partial charge is 0.191 e. The molecular weight excluding hydrogens is 332 g/mol. The van der Waals surface area contributed by atoms with Crippen molar-refractivity contribution in [2.75, 3.05) is 37.7 Å². The minimum absolute atomic E-state index is 0.473. The lowest BCUT2D eigenvalue weighted by Crippen LogP contribution is -2.54. The van der Waals surface area contributed by atoms with Crippen LogP contribution in [0.2, 0.25) is 0 Å². The molecule has 2 aliphatic heterocycles. The number of piperidine rings is 1. The van der Waals surface area contributed by atoms with Gasteiger partial charge >= 0.3 is 0 Å². The second-order valence-corrected chi connectivity index (χ2v) is 9.10. The Labute approximate surface area is 157 Å². The van der Waals surface area contributed by atoms with Crippen molar-refractivity contribution in [3.05, 3.63) is 0 Å². The number of aliphatic imine (C=N–C) groups is 1. The van der Waals surface area contributed by atoms with Gasteiger partial charge in [-0.1, -0.05) is 19.3 Å². The van der Waals surface area contributed by atoms with Gasteiger partial charge in [0, 0.05) is 30.9 Å². The van der Waals surface area contributed by atoms with Crippen LogP contribution in [0.5, 0.6) is 0 Å². The van der Waals surface area contributed by atoms with Gasteiger partial charge in [0.05, 0.1) is 12.1 Å². The van der Waals surface area contributed by atoms with E-state index in [0.717, 1.165) is 43.0 Å². The van der Waals surface area contributed by atoms with Crippen LogP contribution in [-0.4, -0.2) is 71.3 Å². The molecule has 3 N–H and O–H groups in total. The second-order valence-electron chi connectivity index (χ2n) is 7.99. The predicted octanol–water partition coefficient (Wildman–Crippen LogP) is 2.21. The van der Waals surface area contributed by atoms with E-state index in [0.29, 0.717) is 12.6 Å². The molecule has 144 valence electrons. The van der Waals surface area contributed by atoms with E-state index in [1.165, 1.54) is 51.5 Å². The highest BCUT2D eigenvalue weighted by Crippen LogP contribution is 2.28. The topological polar surface area (TPSA) is 59.9 Å². The van der Waals surface area contributed by atoms with Crippen LogP contribution in [0, 0.1) is 0 Å². The molecule has 2 saturated heterocycles. The highest BCUT2D eigenvalue weighted by molar-refractivity contribution is 7.99. The van der Waals surface area contributed by atoms with Gasteiger partial charge in [0.1, 0.15) is 0 Å². The molecule has 2 atom stereocenters. The molecule has 25 heavy (non-hydrogen) atoms. The molecule has 1 saturated carbocycles. The van der Waals surface area contributed by atoms with E-state index < -0.39 is 5.60 Å². The summed E-state index contributed by atoms with van der Waals surface area (Å²) in [5, 5.41) is 17.5. The van der Waals surface area contributed by atoms with E-state index in [1.807, 2.05) is 11.8 Å². The van der Waals surface area contributed by atoms with Crippen LogP contribution in [0.3, 0.4) is 0 Å². The van der Waals surface area contributed by atoms with E-state index in [-0.39, 0.29) is 0 Å². The molecule has 0 amide bonds. The molecule has 0 bridgehead atoms. The first-order valence-corrected chi connectivity index (χ1v) is 11.4. The summed E-state index contributed by atoms with van der Waals surface area (Å²) in [4.78, 5) is 7.42. The maximum Gasteiger partial charge on any atom is 0.191 e. The number of hydrogen-bond acceptors (Lipinski definition) is 4. The summed E-state index contributed by atoms with van der Waals surface area (Å²) in [7, 11) is 0. The van der Waals surface area contributed by atoms with Gasteiger partial charge in [-0.2, -0.15) is 11.8 Å². The fourth-order valence-corrected chi connectivity index (χ4v) is 5.65. The van der Waals surface area contributed by atoms with Crippen molar-refractivity contribution < 1.29 is 5.11 Å². The van der Waals surface area contributed by atoms with Gasteiger partial charge in [-0.05, 0) is 51.3 Å². The van der Waals surface area contributed by atoms with Crippen molar-refractivity contribution >= 4 is 17.7 Å². The third-order valence-electron chi connectivity index (χ3n) is 5.84. The Balaban J connectivity index is 1.53. The molecule has 0 aromatic carbocycles. The van der Waals surface area contributed by atoms with Crippen LogP contribution in [0.15, 0.2) is 4.99 Å². The zero-order valence-corrected chi connectivity index (χ0v) is 16.6. The summed E-state index contributed by atoms with van der Waals surface area (Å²) in [6, 6.07) is 1.27. The molecule has 0 spiro atoms. The number of rotatable bonds is 5. The fraction of sp³-hybridized carbons (Fsp3) is 0.947. The van der Waals surface area contributed by atoms with Gasteiger partial charge in [-0.3, -0.25) is 9.89 Å². The molecule has 3 fully saturated rings. The molecule has 1 aliphatic carbocycles. The highest BCUT2D eigenvalue weighted by atomic mass is 32.2. The van der Waals surface area contributed by atoms with Crippen LogP contribution in [0.1, 0.15) is 58.3 Å². The number of hydrogen-bond donors (Lipinski definition) is 3. The van der Waals surface area contributed by atoms with E-state index in [2.05, 4.69) is 22.5 Å². The normalized spacial score (nSPS) is 32.7. The summed E-state index contributed by atoms with van der Waals surface area (Å²) < 4.78 is 0. The minimum atomic E-state index is -0.603. The number of nitrogens with zero attached hydrogens (tertiary/aromatic N) is 2. The Bertz CT molecular complexity index is 433. The van der Waals surface area contributed by atoms with Gasteiger partial charge in [-0.25, -0.2) is 0 Å². The van der Waals surface area contributed by atoms with Crippen LogP contribution in [0.4, 0.5) is 0 Å². The molecule has 2 heterocycles. The molecule has 3 aliphatic rings. The maximum absolute atomic E-state index is 10.5. The SMILES string of the molecule is CCNC(=NCC1(O)CCSC1)NC1CCCN(C2CCCCC2)C1. The first-order chi connectivity index (χ1) is 12.2. The highest BCUT2D eigenvalue weighted by Gasteiger charge is 2.32. The molecule has 6 heteroatoms. The van der Waals surface area contributed by atoms with Gasteiger partial charge in [0.25, 0.3) is 0 Å². The molecule has 0 radical (unpaired) electrons. The number of thioether (sulfide) groups is 1. The van der Waals surface area contributed by atoms with Crippen LogP contribution in [-0.2, 0) is 0 Å². The average molecular weight is 369 g/mol. The third kappa shape index (κ3) is 5.76. The average Bonchev–Trinajstić information content (AvgIpc) is 3.08. The Kier molecular flexibility index (Phi) is 7.31. The molecule has 0 aromatic rings. The second kappa shape index (κ2) is 9.47. The van der Waals surface area contributed by atoms with Crippen molar-refractivity contribution in [1.29, 1.82) is 0 Å². The third-order valence-corrected chi connectivity index (χ3v) is 7.08. The fourth-order valence-electron chi connectivity index (χ4n) is 4.36. The van der Waals surface area contributed by atoms with E-state index >= 15 is 0 Å². The summed E-state index contributed by atoms with van der Waals surface area (Å²) in [6.45, 7) is 5.86. The van der Waals surface area contributed by atoms with Crippen molar-refractivity contribution in [3.8, 4) is 0 Å². The molecule has 0 aromatic heterocycles. The van der Waals surface area contributed by atoms with E-state index in [1.54, 1.807) is 0 Å². The first-order valence-electron chi connectivity index (χ1n) is 10.3. The lowest BCUT2D eigenvalue weighted by molar-refractivity contribution is 0.0777. The Morgan fingerprint density at radius 1 is 1.24 bits per heavy atom. The largest absolute Gasteiger partial charge is 0.387 e. The standard InChI is InChI=1S/C19H36N4OS/c1-2-20-18(21-14-19(24)10-12-25-15-19)22-16-7-6-11-23(13-16)17-8-4-3-5-9-17/h16-17,24H,2-15H2,1H3,(H2,20,21,22). The van der Waals surface area contributed by atoms with Gasteiger partial charge < -0.3 is 15.7 Å². The summed E-state index contributed by atoms with van der Waals surface area (Å²) in [5.41, 5.74) is -0.603. The minimum Gasteiger partial charge on any atom is -0.387 e. The van der Waals surface area contributed by atoms with Crippen LogP contribution >= 0.6 is 11.8 Å². The summed E-state index contributed by atoms with van der Waals surface area (Å²) in [5.74, 6) is 2.74. The van der Waals surface area contributed by atoms with Crippen molar-refractivity contribution in [2.45, 2.75) is 76.0 Å². The first kappa shape index (κ1) is 19.3. The van der Waals surface area contributed by atoms with Gasteiger partial charge in [0.2, 0.25) is 0 Å². The van der Waals surface area contributed by atoms with E-state index in [4.69, 9.17) is 4.99 Å². The molecule has 5 nitrogen and oxygen atoms in total. The van der Waals surface area contributed by atoms with Gasteiger partial charge in [-0.15, -0.1) is 0 Å². The number of aliphatic hydroxyl groups is 1. The zero-order valence-electron chi connectivity index (χ0n) is 15.8. The lowest BCUT2D eigenvalue weighted by atomic mass is 9.92. The maximum atomic E-state index is 10.5. The van der Waals surface area contributed by atoms with Crippen LogP contribution < -0.4 is 10.6 Å². The summed E-state index contributed by atoms with van der Waals surface area (Å²) in [6.07, 6.45) is 10.3. The Morgan fingerprint density at radius 2 is 2.08 bits per heavy atom. The number of likely N-dealkylation sites (tertiary alicyclic amines) is 1. The van der Waals surface area contributed by atoms with Crippen molar-refractivity contribution in [3.63, 3.8) is 0 Å².